The Labute approximate surface area is 124 Å². The molecule has 1 atom stereocenters. The van der Waals surface area contributed by atoms with Gasteiger partial charge in [0.05, 0.1) is 0 Å². The van der Waals surface area contributed by atoms with Gasteiger partial charge >= 0.3 is 0 Å². The van der Waals surface area contributed by atoms with Crippen molar-refractivity contribution in [2.75, 3.05) is 0 Å². The van der Waals surface area contributed by atoms with Crippen LogP contribution in [0.15, 0.2) is 28.7 Å². The Hall–Kier alpha value is -0.870. The highest BCUT2D eigenvalue weighted by Gasteiger charge is 2.20. The van der Waals surface area contributed by atoms with E-state index < -0.39 is 0 Å². The second kappa shape index (κ2) is 7.06. The van der Waals surface area contributed by atoms with Crippen molar-refractivity contribution < 1.29 is 4.79 Å². The van der Waals surface area contributed by atoms with Gasteiger partial charge in [-0.2, -0.15) is 0 Å². The molecule has 0 heterocycles. The molecule has 0 aliphatic heterocycles. The predicted octanol–water partition coefficient (Wildman–Crippen LogP) is 3.01. The number of benzene rings is 1. The summed E-state index contributed by atoms with van der Waals surface area (Å²) in [5.74, 6) is 0.0689. The van der Waals surface area contributed by atoms with Crippen LogP contribution in [0.25, 0.3) is 0 Å². The van der Waals surface area contributed by atoms with E-state index in [0.29, 0.717) is 6.42 Å². The van der Waals surface area contributed by atoms with Gasteiger partial charge in [0.1, 0.15) is 0 Å². The number of carbonyl (C=O) groups excluding carboxylic acids is 1. The number of amides is 1. The van der Waals surface area contributed by atoms with Gasteiger partial charge in [0.25, 0.3) is 0 Å². The first-order valence-electron chi connectivity index (χ1n) is 6.59. The van der Waals surface area contributed by atoms with E-state index in [0.717, 1.165) is 17.3 Å². The van der Waals surface area contributed by atoms with Crippen molar-refractivity contribution >= 4 is 21.8 Å². The molecule has 0 radical (unpaired) electrons. The van der Waals surface area contributed by atoms with E-state index in [1.807, 2.05) is 32.9 Å². The molecule has 1 aromatic rings. The molecule has 0 aliphatic rings. The van der Waals surface area contributed by atoms with E-state index in [4.69, 9.17) is 5.73 Å². The van der Waals surface area contributed by atoms with Crippen LogP contribution in [-0.2, 0) is 11.2 Å². The molecule has 3 nitrogen and oxygen atoms in total. The normalized spacial score (nSPS) is 13.1. The Bertz CT molecular complexity index is 413. The van der Waals surface area contributed by atoms with Crippen LogP contribution in [-0.4, -0.2) is 17.5 Å². The Kier molecular flexibility index (Phi) is 6.01. The Morgan fingerprint density at radius 1 is 1.37 bits per heavy atom. The summed E-state index contributed by atoms with van der Waals surface area (Å²) in [6.07, 6.45) is 2.02. The third-order valence-corrected chi connectivity index (χ3v) is 3.39. The van der Waals surface area contributed by atoms with Crippen LogP contribution in [0.5, 0.6) is 0 Å². The van der Waals surface area contributed by atoms with Crippen molar-refractivity contribution in [1.29, 1.82) is 0 Å². The molecular weight excluding hydrogens is 304 g/mol. The van der Waals surface area contributed by atoms with Crippen molar-refractivity contribution in [2.24, 2.45) is 5.73 Å². The fraction of sp³-hybridized carbons (Fsp3) is 0.533. The Morgan fingerprint density at radius 3 is 2.47 bits per heavy atom. The van der Waals surface area contributed by atoms with Gasteiger partial charge in [-0.3, -0.25) is 4.79 Å². The molecule has 0 aromatic heterocycles. The molecule has 1 rings (SSSR count). The van der Waals surface area contributed by atoms with Gasteiger partial charge in [0.15, 0.2) is 0 Å². The Morgan fingerprint density at radius 2 is 1.95 bits per heavy atom. The highest BCUT2D eigenvalue weighted by atomic mass is 79.9. The van der Waals surface area contributed by atoms with Crippen molar-refractivity contribution in [1.82, 2.24) is 5.32 Å². The lowest BCUT2D eigenvalue weighted by Gasteiger charge is -2.26. The van der Waals surface area contributed by atoms with Crippen molar-refractivity contribution in [3.8, 4) is 0 Å². The molecule has 19 heavy (non-hydrogen) atoms. The van der Waals surface area contributed by atoms with Gasteiger partial charge < -0.3 is 11.1 Å². The highest BCUT2D eigenvalue weighted by Crippen LogP contribution is 2.16. The van der Waals surface area contributed by atoms with E-state index in [1.165, 1.54) is 5.56 Å². The van der Waals surface area contributed by atoms with Gasteiger partial charge in [-0.05, 0) is 51.3 Å². The molecule has 4 heteroatoms. The summed E-state index contributed by atoms with van der Waals surface area (Å²) >= 11 is 3.42. The summed E-state index contributed by atoms with van der Waals surface area (Å²) in [6, 6.07) is 8.24. The van der Waals surface area contributed by atoms with Crippen LogP contribution in [0.3, 0.4) is 0 Å². The first-order valence-corrected chi connectivity index (χ1v) is 7.39. The minimum atomic E-state index is -0.247. The van der Waals surface area contributed by atoms with Gasteiger partial charge in [-0.25, -0.2) is 0 Å². The SMILES string of the molecule is CC(N)CCC(=O)NC(C)(C)Cc1ccc(Br)cc1. The van der Waals surface area contributed by atoms with Gasteiger partial charge in [-0.15, -0.1) is 0 Å². The lowest BCUT2D eigenvalue weighted by Crippen LogP contribution is -2.45. The van der Waals surface area contributed by atoms with Crippen molar-refractivity contribution in [3.63, 3.8) is 0 Å². The van der Waals surface area contributed by atoms with Gasteiger partial charge in [0.2, 0.25) is 5.91 Å². The molecular formula is C15H23BrN2O. The molecule has 3 N–H and O–H groups in total. The maximum Gasteiger partial charge on any atom is 0.220 e. The van der Waals surface area contributed by atoms with Crippen molar-refractivity contribution in [2.45, 2.75) is 51.6 Å². The van der Waals surface area contributed by atoms with E-state index in [2.05, 4.69) is 33.4 Å². The number of carbonyl (C=O) groups is 1. The molecule has 0 spiro atoms. The van der Waals surface area contributed by atoms with Crippen LogP contribution in [0.4, 0.5) is 0 Å². The fourth-order valence-electron chi connectivity index (χ4n) is 1.96. The second-order valence-corrected chi connectivity index (χ2v) is 6.67. The zero-order valence-electron chi connectivity index (χ0n) is 11.9. The number of rotatable bonds is 6. The lowest BCUT2D eigenvalue weighted by atomic mass is 9.94. The van der Waals surface area contributed by atoms with Crippen LogP contribution in [0.2, 0.25) is 0 Å². The summed E-state index contributed by atoms with van der Waals surface area (Å²) < 4.78 is 1.06. The minimum Gasteiger partial charge on any atom is -0.351 e. The maximum atomic E-state index is 11.8. The van der Waals surface area contributed by atoms with E-state index in [-0.39, 0.29) is 17.5 Å². The number of nitrogens with one attached hydrogen (secondary N) is 1. The largest absolute Gasteiger partial charge is 0.351 e. The Balaban J connectivity index is 2.51. The smallest absolute Gasteiger partial charge is 0.220 e. The summed E-state index contributed by atoms with van der Waals surface area (Å²) in [4.78, 5) is 11.8. The first kappa shape index (κ1) is 16.2. The average Bonchev–Trinajstić information content (AvgIpc) is 2.28. The molecule has 0 saturated heterocycles. The van der Waals surface area contributed by atoms with E-state index in [1.54, 1.807) is 0 Å². The van der Waals surface area contributed by atoms with E-state index in [9.17, 15) is 4.79 Å². The zero-order chi connectivity index (χ0) is 14.5. The molecule has 1 unspecified atom stereocenters. The van der Waals surface area contributed by atoms with Crippen LogP contribution >= 0.6 is 15.9 Å². The molecule has 0 saturated carbocycles. The van der Waals surface area contributed by atoms with Crippen molar-refractivity contribution in [3.05, 3.63) is 34.3 Å². The summed E-state index contributed by atoms with van der Waals surface area (Å²) in [5.41, 5.74) is 6.62. The summed E-state index contributed by atoms with van der Waals surface area (Å²) in [5, 5.41) is 3.07. The van der Waals surface area contributed by atoms with Crippen LogP contribution in [0.1, 0.15) is 39.2 Å². The number of hydrogen-bond donors (Lipinski definition) is 2. The summed E-state index contributed by atoms with van der Waals surface area (Å²) in [7, 11) is 0. The maximum absolute atomic E-state index is 11.8. The van der Waals surface area contributed by atoms with Gasteiger partial charge in [0, 0.05) is 22.5 Å². The molecule has 0 bridgehead atoms. The third-order valence-electron chi connectivity index (χ3n) is 2.86. The van der Waals surface area contributed by atoms with E-state index >= 15 is 0 Å². The fourth-order valence-corrected chi connectivity index (χ4v) is 2.22. The standard InChI is InChI=1S/C15H23BrN2O/c1-11(17)4-9-14(19)18-15(2,3)10-12-5-7-13(16)8-6-12/h5-8,11H,4,9-10,17H2,1-3H3,(H,18,19). The topological polar surface area (TPSA) is 55.1 Å². The zero-order valence-corrected chi connectivity index (χ0v) is 13.5. The number of hydrogen-bond acceptors (Lipinski definition) is 2. The van der Waals surface area contributed by atoms with Crippen LogP contribution < -0.4 is 11.1 Å². The predicted molar refractivity (Wildman–Crippen MR) is 83.0 cm³/mol. The minimum absolute atomic E-state index is 0.0689. The molecule has 106 valence electrons. The van der Waals surface area contributed by atoms with Crippen LogP contribution in [0, 0.1) is 0 Å². The first-order chi connectivity index (χ1) is 8.78. The third kappa shape index (κ3) is 6.73. The second-order valence-electron chi connectivity index (χ2n) is 5.75. The molecule has 1 amide bonds. The number of nitrogens with two attached hydrogens (primary N) is 1. The summed E-state index contributed by atoms with van der Waals surface area (Å²) in [6.45, 7) is 6.00. The lowest BCUT2D eigenvalue weighted by molar-refractivity contribution is -0.122. The average molecular weight is 327 g/mol. The quantitative estimate of drug-likeness (QED) is 0.844. The monoisotopic (exact) mass is 326 g/mol. The molecule has 1 aromatic carbocycles. The van der Waals surface area contributed by atoms with Gasteiger partial charge in [-0.1, -0.05) is 28.1 Å². The molecule has 0 fully saturated rings. The highest BCUT2D eigenvalue weighted by molar-refractivity contribution is 9.10. The molecule has 0 aliphatic carbocycles. The number of halogens is 1.